The van der Waals surface area contributed by atoms with Crippen LogP contribution >= 0.6 is 0 Å². The molecule has 118 valence electrons. The van der Waals surface area contributed by atoms with Crippen LogP contribution in [0.1, 0.15) is 27.2 Å². The molecule has 0 bridgehead atoms. The summed E-state index contributed by atoms with van der Waals surface area (Å²) in [5.41, 5.74) is 6.58. The zero-order valence-corrected chi connectivity index (χ0v) is 13.6. The van der Waals surface area contributed by atoms with Gasteiger partial charge in [0.05, 0.1) is 29.0 Å². The first kappa shape index (κ1) is 17.3. The number of benzene rings is 1. The fourth-order valence-corrected chi connectivity index (χ4v) is 2.59. The summed E-state index contributed by atoms with van der Waals surface area (Å²) in [6.07, 6.45) is -0.106. The Bertz CT molecular complexity index is 618. The van der Waals surface area contributed by atoms with E-state index in [4.69, 9.17) is 10.5 Å². The Labute approximate surface area is 125 Å². The van der Waals surface area contributed by atoms with Crippen LogP contribution in [-0.4, -0.2) is 31.9 Å². The minimum atomic E-state index is -3.32. The molecule has 0 spiro atoms. The highest BCUT2D eigenvalue weighted by Crippen LogP contribution is 2.24. The first-order valence-electron chi connectivity index (χ1n) is 6.52. The van der Waals surface area contributed by atoms with Gasteiger partial charge in [-0.25, -0.2) is 8.42 Å². The standard InChI is InChI=1S/C14H22N2O4S/c1-14(2,3)21(18,19)8-7-13(17)16-12-6-5-10(20-4)9-11(12)15/h5-6,9H,7-8,15H2,1-4H3,(H,16,17). The van der Waals surface area contributed by atoms with E-state index in [-0.39, 0.29) is 18.1 Å². The molecule has 0 saturated carbocycles. The zero-order chi connectivity index (χ0) is 16.3. The molecule has 0 radical (unpaired) electrons. The van der Waals surface area contributed by atoms with Gasteiger partial charge in [-0.2, -0.15) is 0 Å². The third-order valence-corrected chi connectivity index (χ3v) is 5.67. The lowest BCUT2D eigenvalue weighted by Crippen LogP contribution is -2.32. The van der Waals surface area contributed by atoms with Gasteiger partial charge in [-0.1, -0.05) is 0 Å². The molecule has 0 saturated heterocycles. The van der Waals surface area contributed by atoms with Crippen LogP contribution in [0.5, 0.6) is 5.75 Å². The second-order valence-electron chi connectivity index (χ2n) is 5.68. The van der Waals surface area contributed by atoms with Gasteiger partial charge in [-0.05, 0) is 32.9 Å². The van der Waals surface area contributed by atoms with Crippen molar-refractivity contribution < 1.29 is 17.9 Å². The molecule has 6 nitrogen and oxygen atoms in total. The summed E-state index contributed by atoms with van der Waals surface area (Å²) in [5.74, 6) is -0.00113. The number of hydrogen-bond acceptors (Lipinski definition) is 5. The van der Waals surface area contributed by atoms with Crippen molar-refractivity contribution in [2.24, 2.45) is 0 Å². The number of carbonyl (C=O) groups is 1. The van der Waals surface area contributed by atoms with Crippen LogP contribution in [0.2, 0.25) is 0 Å². The lowest BCUT2D eigenvalue weighted by Gasteiger charge is -2.18. The Morgan fingerprint density at radius 1 is 1.33 bits per heavy atom. The second kappa shape index (κ2) is 6.34. The first-order chi connectivity index (χ1) is 9.56. The predicted octanol–water partition coefficient (Wildman–Crippen LogP) is 1.82. The third kappa shape index (κ3) is 4.63. The average Bonchev–Trinajstić information content (AvgIpc) is 2.37. The smallest absolute Gasteiger partial charge is 0.225 e. The van der Waals surface area contributed by atoms with Gasteiger partial charge >= 0.3 is 0 Å². The van der Waals surface area contributed by atoms with E-state index in [1.54, 1.807) is 39.0 Å². The third-order valence-electron chi connectivity index (χ3n) is 3.06. The van der Waals surface area contributed by atoms with E-state index in [0.717, 1.165) is 0 Å². The number of sulfone groups is 1. The van der Waals surface area contributed by atoms with Gasteiger partial charge in [0.25, 0.3) is 0 Å². The lowest BCUT2D eigenvalue weighted by molar-refractivity contribution is -0.115. The molecular weight excluding hydrogens is 292 g/mol. The molecule has 3 N–H and O–H groups in total. The lowest BCUT2D eigenvalue weighted by atomic mass is 10.2. The molecule has 1 aromatic rings. The summed E-state index contributed by atoms with van der Waals surface area (Å²) >= 11 is 0. The van der Waals surface area contributed by atoms with Crippen molar-refractivity contribution in [2.75, 3.05) is 23.9 Å². The maximum absolute atomic E-state index is 11.9. The summed E-state index contributed by atoms with van der Waals surface area (Å²) in [6, 6.07) is 4.86. The summed E-state index contributed by atoms with van der Waals surface area (Å²) < 4.78 is 28.0. The van der Waals surface area contributed by atoms with Crippen LogP contribution in [-0.2, 0) is 14.6 Å². The molecule has 7 heteroatoms. The molecule has 0 fully saturated rings. The van der Waals surface area contributed by atoms with E-state index < -0.39 is 14.6 Å². The summed E-state index contributed by atoms with van der Waals surface area (Å²) in [4.78, 5) is 11.8. The van der Waals surface area contributed by atoms with Crippen LogP contribution in [0.3, 0.4) is 0 Å². The van der Waals surface area contributed by atoms with Crippen molar-refractivity contribution in [1.82, 2.24) is 0 Å². The highest BCUT2D eigenvalue weighted by atomic mass is 32.2. The van der Waals surface area contributed by atoms with E-state index in [9.17, 15) is 13.2 Å². The van der Waals surface area contributed by atoms with Gasteiger partial charge in [0, 0.05) is 12.5 Å². The SMILES string of the molecule is COc1ccc(NC(=O)CCS(=O)(=O)C(C)(C)C)c(N)c1. The predicted molar refractivity (Wildman–Crippen MR) is 84.2 cm³/mol. The van der Waals surface area contributed by atoms with E-state index in [1.807, 2.05) is 0 Å². The number of amides is 1. The topological polar surface area (TPSA) is 98.5 Å². The Hall–Kier alpha value is -1.76. The van der Waals surface area contributed by atoms with Gasteiger partial charge in [0.2, 0.25) is 5.91 Å². The average molecular weight is 314 g/mol. The molecule has 0 aromatic heterocycles. The monoisotopic (exact) mass is 314 g/mol. The zero-order valence-electron chi connectivity index (χ0n) is 12.8. The Morgan fingerprint density at radius 2 is 1.95 bits per heavy atom. The number of carbonyl (C=O) groups excluding carboxylic acids is 1. The van der Waals surface area contributed by atoms with E-state index in [1.165, 1.54) is 7.11 Å². The van der Waals surface area contributed by atoms with Crippen LogP contribution in [0.15, 0.2) is 18.2 Å². The molecule has 0 aliphatic heterocycles. The van der Waals surface area contributed by atoms with E-state index in [0.29, 0.717) is 17.1 Å². The van der Waals surface area contributed by atoms with Crippen LogP contribution in [0, 0.1) is 0 Å². The normalized spacial score (nSPS) is 12.0. The van der Waals surface area contributed by atoms with Gasteiger partial charge in [0.1, 0.15) is 5.75 Å². The molecule has 0 atom stereocenters. The molecule has 21 heavy (non-hydrogen) atoms. The fraction of sp³-hybridized carbons (Fsp3) is 0.500. The number of anilines is 2. The summed E-state index contributed by atoms with van der Waals surface area (Å²) in [5, 5.41) is 2.60. The number of ether oxygens (including phenoxy) is 1. The Kier molecular flexibility index (Phi) is 5.22. The molecule has 1 aromatic carbocycles. The van der Waals surface area contributed by atoms with Crippen LogP contribution < -0.4 is 15.8 Å². The molecular formula is C14H22N2O4S. The van der Waals surface area contributed by atoms with Gasteiger partial charge in [-0.3, -0.25) is 4.79 Å². The molecule has 0 aliphatic rings. The quantitative estimate of drug-likeness (QED) is 0.808. The summed E-state index contributed by atoms with van der Waals surface area (Å²) in [7, 11) is -1.80. The molecule has 0 unspecified atom stereocenters. The maximum atomic E-state index is 11.9. The van der Waals surface area contributed by atoms with Crippen molar-refractivity contribution in [2.45, 2.75) is 31.9 Å². The highest BCUT2D eigenvalue weighted by molar-refractivity contribution is 7.92. The molecule has 0 heterocycles. The molecule has 1 rings (SSSR count). The Balaban J connectivity index is 2.67. The Morgan fingerprint density at radius 3 is 2.43 bits per heavy atom. The van der Waals surface area contributed by atoms with E-state index >= 15 is 0 Å². The van der Waals surface area contributed by atoms with Crippen molar-refractivity contribution in [3.8, 4) is 5.75 Å². The van der Waals surface area contributed by atoms with Crippen LogP contribution in [0.4, 0.5) is 11.4 Å². The molecule has 0 aliphatic carbocycles. The van der Waals surface area contributed by atoms with Gasteiger partial charge in [-0.15, -0.1) is 0 Å². The minimum absolute atomic E-state index is 0.106. The number of methoxy groups -OCH3 is 1. The van der Waals surface area contributed by atoms with Crippen LogP contribution in [0.25, 0.3) is 0 Å². The molecule has 1 amide bonds. The van der Waals surface area contributed by atoms with Gasteiger partial charge in [0.15, 0.2) is 9.84 Å². The fourth-order valence-electron chi connectivity index (χ4n) is 1.53. The second-order valence-corrected chi connectivity index (χ2v) is 8.55. The highest BCUT2D eigenvalue weighted by Gasteiger charge is 2.29. The van der Waals surface area contributed by atoms with Crippen molar-refractivity contribution >= 4 is 27.1 Å². The van der Waals surface area contributed by atoms with E-state index in [2.05, 4.69) is 5.32 Å². The largest absolute Gasteiger partial charge is 0.497 e. The number of rotatable bonds is 5. The number of nitrogens with one attached hydrogen (secondary N) is 1. The number of nitrogen functional groups attached to an aromatic ring is 1. The maximum Gasteiger partial charge on any atom is 0.225 e. The minimum Gasteiger partial charge on any atom is -0.497 e. The van der Waals surface area contributed by atoms with Gasteiger partial charge < -0.3 is 15.8 Å². The number of hydrogen-bond donors (Lipinski definition) is 2. The van der Waals surface area contributed by atoms with Crippen molar-refractivity contribution in [3.05, 3.63) is 18.2 Å². The number of nitrogens with two attached hydrogens (primary N) is 1. The summed E-state index contributed by atoms with van der Waals surface area (Å²) in [6.45, 7) is 4.84. The van der Waals surface area contributed by atoms with Crippen molar-refractivity contribution in [1.29, 1.82) is 0 Å². The van der Waals surface area contributed by atoms with Crippen molar-refractivity contribution in [3.63, 3.8) is 0 Å². The first-order valence-corrected chi connectivity index (χ1v) is 8.18.